The maximum Gasteiger partial charge on any atom is 0.137 e. The van der Waals surface area contributed by atoms with E-state index in [9.17, 15) is 4.39 Å². The van der Waals surface area contributed by atoms with E-state index in [2.05, 4.69) is 28.2 Å². The lowest BCUT2D eigenvalue weighted by Crippen LogP contribution is -2.23. The third kappa shape index (κ3) is 4.05. The second kappa shape index (κ2) is 7.57. The first-order chi connectivity index (χ1) is 10.2. The van der Waals surface area contributed by atoms with Gasteiger partial charge in [0.2, 0.25) is 0 Å². The maximum absolute atomic E-state index is 13.4. The van der Waals surface area contributed by atoms with Gasteiger partial charge in [-0.05, 0) is 64.3 Å². The van der Waals surface area contributed by atoms with Crippen LogP contribution < -0.4 is 10.1 Å². The van der Waals surface area contributed by atoms with Crippen molar-refractivity contribution in [1.29, 1.82) is 0 Å². The molecule has 1 N–H and O–H groups in total. The molecule has 0 saturated heterocycles. The zero-order valence-corrected chi connectivity index (χ0v) is 13.8. The highest BCUT2D eigenvalue weighted by atomic mass is 79.9. The van der Waals surface area contributed by atoms with E-state index in [4.69, 9.17) is 4.74 Å². The Hall–Kier alpha value is -1.39. The fourth-order valence-electron chi connectivity index (χ4n) is 2.23. The number of ether oxygens (including phenoxy) is 1. The van der Waals surface area contributed by atoms with Crippen LogP contribution in [0.25, 0.3) is 0 Å². The van der Waals surface area contributed by atoms with Crippen LogP contribution in [0.2, 0.25) is 0 Å². The van der Waals surface area contributed by atoms with Crippen LogP contribution in [0.3, 0.4) is 0 Å². The lowest BCUT2D eigenvalue weighted by atomic mass is 9.98. The lowest BCUT2D eigenvalue weighted by molar-refractivity contribution is 0.413. The molecule has 4 heteroatoms. The molecule has 0 radical (unpaired) electrons. The first-order valence-corrected chi connectivity index (χ1v) is 7.77. The molecule has 2 rings (SSSR count). The van der Waals surface area contributed by atoms with Gasteiger partial charge in [-0.15, -0.1) is 0 Å². The summed E-state index contributed by atoms with van der Waals surface area (Å²) in [6.45, 7) is 3.01. The fourth-order valence-corrected chi connectivity index (χ4v) is 2.63. The van der Waals surface area contributed by atoms with E-state index in [0.29, 0.717) is 4.47 Å². The largest absolute Gasteiger partial charge is 0.497 e. The van der Waals surface area contributed by atoms with E-state index in [1.54, 1.807) is 7.11 Å². The van der Waals surface area contributed by atoms with Crippen LogP contribution >= 0.6 is 15.9 Å². The summed E-state index contributed by atoms with van der Waals surface area (Å²) in [5.74, 6) is 0.565. The summed E-state index contributed by atoms with van der Waals surface area (Å²) < 4.78 is 19.2. The standard InChI is InChI=1S/C17H19BrFNO/c1-3-9-20-17(12-5-4-6-14(10-12)21-2)13-7-8-16(19)15(18)11-13/h4-8,10-11,17,20H,3,9H2,1-2H3. The summed E-state index contributed by atoms with van der Waals surface area (Å²) in [5.41, 5.74) is 2.12. The molecular weight excluding hydrogens is 333 g/mol. The Balaban J connectivity index is 2.38. The van der Waals surface area contributed by atoms with Gasteiger partial charge in [0, 0.05) is 0 Å². The van der Waals surface area contributed by atoms with Gasteiger partial charge in [0.15, 0.2) is 0 Å². The van der Waals surface area contributed by atoms with Crippen molar-refractivity contribution in [2.24, 2.45) is 0 Å². The summed E-state index contributed by atoms with van der Waals surface area (Å²) in [7, 11) is 1.65. The monoisotopic (exact) mass is 351 g/mol. The van der Waals surface area contributed by atoms with Gasteiger partial charge >= 0.3 is 0 Å². The Morgan fingerprint density at radius 1 is 1.19 bits per heavy atom. The third-order valence-corrected chi connectivity index (χ3v) is 3.91. The highest BCUT2D eigenvalue weighted by molar-refractivity contribution is 9.10. The molecule has 21 heavy (non-hydrogen) atoms. The maximum atomic E-state index is 13.4. The van der Waals surface area contributed by atoms with Crippen LogP contribution in [0.4, 0.5) is 4.39 Å². The molecular formula is C17H19BrFNO. The molecule has 0 bridgehead atoms. The zero-order chi connectivity index (χ0) is 15.2. The van der Waals surface area contributed by atoms with Gasteiger partial charge in [-0.1, -0.05) is 25.1 Å². The van der Waals surface area contributed by atoms with Gasteiger partial charge in [0.1, 0.15) is 11.6 Å². The smallest absolute Gasteiger partial charge is 0.137 e. The molecule has 0 aromatic heterocycles. The van der Waals surface area contributed by atoms with Gasteiger partial charge in [-0.3, -0.25) is 0 Å². The second-order valence-corrected chi connectivity index (χ2v) is 5.69. The molecule has 2 nitrogen and oxygen atoms in total. The third-order valence-electron chi connectivity index (χ3n) is 3.30. The number of methoxy groups -OCH3 is 1. The van der Waals surface area contributed by atoms with Crippen molar-refractivity contribution in [3.05, 3.63) is 63.9 Å². The highest BCUT2D eigenvalue weighted by Crippen LogP contribution is 2.28. The van der Waals surface area contributed by atoms with Crippen molar-refractivity contribution < 1.29 is 9.13 Å². The quantitative estimate of drug-likeness (QED) is 0.815. The fraction of sp³-hybridized carbons (Fsp3) is 0.294. The molecule has 0 heterocycles. The molecule has 0 amide bonds. The SMILES string of the molecule is CCCNC(c1cccc(OC)c1)c1ccc(F)c(Br)c1. The van der Waals surface area contributed by atoms with Crippen molar-refractivity contribution >= 4 is 15.9 Å². The molecule has 0 aliphatic rings. The highest BCUT2D eigenvalue weighted by Gasteiger charge is 2.15. The molecule has 0 aliphatic heterocycles. The van der Waals surface area contributed by atoms with E-state index < -0.39 is 0 Å². The van der Waals surface area contributed by atoms with Crippen LogP contribution in [-0.4, -0.2) is 13.7 Å². The van der Waals surface area contributed by atoms with E-state index >= 15 is 0 Å². The molecule has 1 atom stereocenters. The van der Waals surface area contributed by atoms with Crippen LogP contribution in [0, 0.1) is 5.82 Å². The summed E-state index contributed by atoms with van der Waals surface area (Å²) in [6.07, 6.45) is 1.03. The Morgan fingerprint density at radius 3 is 2.62 bits per heavy atom. The predicted octanol–water partition coefficient (Wildman–Crippen LogP) is 4.69. The number of hydrogen-bond acceptors (Lipinski definition) is 2. The van der Waals surface area contributed by atoms with Crippen molar-refractivity contribution in [3.8, 4) is 5.75 Å². The summed E-state index contributed by atoms with van der Waals surface area (Å²) >= 11 is 3.26. The number of nitrogens with one attached hydrogen (secondary N) is 1. The molecule has 0 saturated carbocycles. The number of halogens is 2. The van der Waals surface area contributed by atoms with Crippen molar-refractivity contribution in [2.45, 2.75) is 19.4 Å². The number of rotatable bonds is 6. The van der Waals surface area contributed by atoms with Crippen molar-refractivity contribution in [1.82, 2.24) is 5.32 Å². The Morgan fingerprint density at radius 2 is 1.95 bits per heavy atom. The Bertz CT molecular complexity index is 603. The minimum absolute atomic E-state index is 0.0111. The lowest BCUT2D eigenvalue weighted by Gasteiger charge is -2.20. The van der Waals surface area contributed by atoms with E-state index in [1.165, 1.54) is 6.07 Å². The molecule has 2 aromatic carbocycles. The first kappa shape index (κ1) is 16.0. The zero-order valence-electron chi connectivity index (χ0n) is 12.2. The average molecular weight is 352 g/mol. The summed E-state index contributed by atoms with van der Waals surface area (Å²) in [4.78, 5) is 0. The molecule has 0 aliphatic carbocycles. The normalized spacial score (nSPS) is 12.2. The van der Waals surface area contributed by atoms with Crippen molar-refractivity contribution in [2.75, 3.05) is 13.7 Å². The average Bonchev–Trinajstić information content (AvgIpc) is 2.51. The van der Waals surface area contributed by atoms with Crippen LogP contribution in [0.1, 0.15) is 30.5 Å². The minimum atomic E-state index is -0.251. The number of hydrogen-bond donors (Lipinski definition) is 1. The Kier molecular flexibility index (Phi) is 5.76. The molecule has 0 spiro atoms. The number of benzene rings is 2. The predicted molar refractivity (Wildman–Crippen MR) is 87.2 cm³/mol. The van der Waals surface area contributed by atoms with E-state index in [1.807, 2.05) is 36.4 Å². The second-order valence-electron chi connectivity index (χ2n) is 4.84. The van der Waals surface area contributed by atoms with Gasteiger partial charge in [-0.25, -0.2) is 4.39 Å². The molecule has 1 unspecified atom stereocenters. The van der Waals surface area contributed by atoms with E-state index in [-0.39, 0.29) is 11.9 Å². The van der Waals surface area contributed by atoms with Gasteiger partial charge in [0.25, 0.3) is 0 Å². The minimum Gasteiger partial charge on any atom is -0.497 e. The molecule has 112 valence electrons. The van der Waals surface area contributed by atoms with Crippen LogP contribution in [0.5, 0.6) is 5.75 Å². The van der Waals surface area contributed by atoms with Gasteiger partial charge in [-0.2, -0.15) is 0 Å². The van der Waals surface area contributed by atoms with E-state index in [0.717, 1.165) is 29.8 Å². The topological polar surface area (TPSA) is 21.3 Å². The van der Waals surface area contributed by atoms with Gasteiger partial charge in [0.05, 0.1) is 17.6 Å². The summed E-state index contributed by atoms with van der Waals surface area (Å²) in [5, 5.41) is 3.50. The van der Waals surface area contributed by atoms with Crippen molar-refractivity contribution in [3.63, 3.8) is 0 Å². The molecule has 0 fully saturated rings. The summed E-state index contributed by atoms with van der Waals surface area (Å²) in [6, 6.07) is 13.1. The molecule has 2 aromatic rings. The van der Waals surface area contributed by atoms with Gasteiger partial charge < -0.3 is 10.1 Å². The van der Waals surface area contributed by atoms with Crippen LogP contribution in [-0.2, 0) is 0 Å². The first-order valence-electron chi connectivity index (χ1n) is 6.98. The Labute approximate surface area is 133 Å². The van der Waals surface area contributed by atoms with Crippen LogP contribution in [0.15, 0.2) is 46.9 Å².